The molecule has 1 unspecified atom stereocenters. The van der Waals surface area contributed by atoms with Gasteiger partial charge < -0.3 is 20.3 Å². The van der Waals surface area contributed by atoms with Gasteiger partial charge in [0, 0.05) is 50.7 Å². The molecule has 0 bridgehead atoms. The van der Waals surface area contributed by atoms with Gasteiger partial charge in [0.1, 0.15) is 5.60 Å². The monoisotopic (exact) mass is 539 g/mol. The molecule has 9 heteroatoms. The van der Waals surface area contributed by atoms with E-state index in [0.717, 1.165) is 36.9 Å². The fourth-order valence-corrected chi connectivity index (χ4v) is 3.44. The van der Waals surface area contributed by atoms with Crippen LogP contribution in [0.2, 0.25) is 0 Å². The molecule has 0 radical (unpaired) electrons. The maximum Gasteiger partial charge on any atom is 0.407 e. The zero-order valence-electron chi connectivity index (χ0n) is 19.0. The topological polar surface area (TPSA) is 78.9 Å². The fourth-order valence-electron chi connectivity index (χ4n) is 2.65. The van der Waals surface area contributed by atoms with Crippen LogP contribution in [0.3, 0.4) is 0 Å². The average Bonchev–Trinajstić information content (AvgIpc) is 2.98. The number of nitrogens with one attached hydrogen (secondary N) is 2. The van der Waals surface area contributed by atoms with Gasteiger partial charge in [-0.15, -0.1) is 35.3 Å². The van der Waals surface area contributed by atoms with Crippen LogP contribution >= 0.6 is 35.3 Å². The van der Waals surface area contributed by atoms with Gasteiger partial charge in [-0.2, -0.15) is 0 Å². The molecule has 0 aliphatic heterocycles. The zero-order chi connectivity index (χ0) is 21.3. The molecule has 7 nitrogen and oxygen atoms in total. The van der Waals surface area contributed by atoms with Crippen LogP contribution in [0, 0.1) is 12.8 Å². The molecule has 0 aliphatic carbocycles. The Morgan fingerprint density at radius 2 is 2.03 bits per heavy atom. The zero-order valence-corrected chi connectivity index (χ0v) is 22.2. The second kappa shape index (κ2) is 13.3. The summed E-state index contributed by atoms with van der Waals surface area (Å²) in [5.41, 5.74) is -0.496. The quantitative estimate of drug-likeness (QED) is 0.296. The minimum atomic E-state index is -0.496. The summed E-state index contributed by atoms with van der Waals surface area (Å²) in [6.07, 6.45) is 3.22. The smallest absolute Gasteiger partial charge is 0.407 e. The number of guanidine groups is 1. The third-order valence-corrected chi connectivity index (χ3v) is 5.12. The first-order chi connectivity index (χ1) is 13.0. The number of aromatic nitrogens is 1. The van der Waals surface area contributed by atoms with Crippen LogP contribution in [0.25, 0.3) is 0 Å². The van der Waals surface area contributed by atoms with Crippen molar-refractivity contribution in [1.82, 2.24) is 20.5 Å². The molecule has 29 heavy (non-hydrogen) atoms. The molecule has 1 amide bonds. The molecule has 2 N–H and O–H groups in total. The molecule has 0 aliphatic rings. The molecular weight excluding hydrogens is 501 g/mol. The Morgan fingerprint density at radius 1 is 1.38 bits per heavy atom. The van der Waals surface area contributed by atoms with Crippen molar-refractivity contribution >= 4 is 47.4 Å². The fraction of sp³-hybridized carbons (Fsp3) is 0.750. The molecule has 1 atom stereocenters. The summed E-state index contributed by atoms with van der Waals surface area (Å²) in [4.78, 5) is 24.2. The SMILES string of the molecule is CN=C(NCCc1ncc(C)s1)N(C)CCC(NC(=O)OC(C)(C)C)C(C)C.I. The van der Waals surface area contributed by atoms with E-state index >= 15 is 0 Å². The second-order valence-electron chi connectivity index (χ2n) is 8.30. The molecule has 168 valence electrons. The highest BCUT2D eigenvalue weighted by molar-refractivity contribution is 14.0. The molecule has 1 rings (SSSR count). The molecule has 1 aromatic heterocycles. The van der Waals surface area contributed by atoms with E-state index in [0.29, 0.717) is 5.92 Å². The van der Waals surface area contributed by atoms with Crippen LogP contribution in [0.15, 0.2) is 11.2 Å². The number of hydrogen-bond acceptors (Lipinski definition) is 5. The van der Waals surface area contributed by atoms with Gasteiger partial charge in [-0.3, -0.25) is 4.99 Å². The number of ether oxygens (including phenoxy) is 1. The van der Waals surface area contributed by atoms with Crippen LogP contribution in [-0.4, -0.2) is 60.8 Å². The molecule has 0 saturated carbocycles. The third kappa shape index (κ3) is 11.6. The third-order valence-electron chi connectivity index (χ3n) is 4.15. The number of nitrogens with zero attached hydrogens (tertiary/aromatic N) is 3. The first-order valence-corrected chi connectivity index (χ1v) is 10.7. The van der Waals surface area contributed by atoms with Gasteiger partial charge in [0.05, 0.1) is 5.01 Å². The molecule has 0 saturated heterocycles. The van der Waals surface area contributed by atoms with Crippen molar-refractivity contribution in [1.29, 1.82) is 0 Å². The van der Waals surface area contributed by atoms with Crippen molar-refractivity contribution in [2.24, 2.45) is 10.9 Å². The summed E-state index contributed by atoms with van der Waals surface area (Å²) < 4.78 is 5.39. The van der Waals surface area contributed by atoms with Crippen molar-refractivity contribution in [2.45, 2.75) is 66.0 Å². The predicted molar refractivity (Wildman–Crippen MR) is 133 cm³/mol. The lowest BCUT2D eigenvalue weighted by atomic mass is 10.0. The van der Waals surface area contributed by atoms with Crippen molar-refractivity contribution in [2.75, 3.05) is 27.2 Å². The number of aryl methyl sites for hydroxylation is 1. The predicted octanol–water partition coefficient (Wildman–Crippen LogP) is 4.06. The van der Waals surface area contributed by atoms with E-state index in [2.05, 4.69) is 46.3 Å². The number of alkyl carbamates (subject to hydrolysis) is 1. The number of carbonyl (C=O) groups excluding carboxylic acids is 1. The molecule has 0 spiro atoms. The van der Waals surface area contributed by atoms with Gasteiger partial charge >= 0.3 is 6.09 Å². The van der Waals surface area contributed by atoms with Crippen molar-refractivity contribution in [3.05, 3.63) is 16.1 Å². The Labute approximate surface area is 197 Å². The van der Waals surface area contributed by atoms with Crippen LogP contribution < -0.4 is 10.6 Å². The van der Waals surface area contributed by atoms with Gasteiger partial charge in [0.15, 0.2) is 5.96 Å². The van der Waals surface area contributed by atoms with Gasteiger partial charge in [0.2, 0.25) is 0 Å². The standard InChI is InChI=1S/C20H37N5O2S.HI/c1-14(2)16(24-19(26)27-20(4,5)6)10-12-25(8)18(21-7)22-11-9-17-23-13-15(3)28-17;/h13-14,16H,9-12H2,1-8H3,(H,21,22)(H,24,26);1H. The van der Waals surface area contributed by atoms with Crippen LogP contribution in [0.1, 0.15) is 50.9 Å². The van der Waals surface area contributed by atoms with E-state index in [4.69, 9.17) is 4.74 Å². The van der Waals surface area contributed by atoms with Gasteiger partial charge in [-0.25, -0.2) is 9.78 Å². The van der Waals surface area contributed by atoms with E-state index in [1.807, 2.05) is 34.0 Å². The van der Waals surface area contributed by atoms with Crippen molar-refractivity contribution in [3.63, 3.8) is 0 Å². The molecular formula is C20H38IN5O2S. The lowest BCUT2D eigenvalue weighted by Crippen LogP contribution is -2.45. The Balaban J connectivity index is 0.00000784. The summed E-state index contributed by atoms with van der Waals surface area (Å²) in [6, 6.07) is 0.0358. The minimum absolute atomic E-state index is 0. The number of amides is 1. The number of carbonyl (C=O) groups is 1. The highest BCUT2D eigenvalue weighted by atomic mass is 127. The summed E-state index contributed by atoms with van der Waals surface area (Å²) in [5, 5.41) is 7.51. The first kappa shape index (κ1) is 27.9. The Morgan fingerprint density at radius 3 is 2.52 bits per heavy atom. The molecule has 1 heterocycles. The largest absolute Gasteiger partial charge is 0.444 e. The van der Waals surface area contributed by atoms with Gasteiger partial charge in [-0.05, 0) is 40.0 Å². The minimum Gasteiger partial charge on any atom is -0.444 e. The lowest BCUT2D eigenvalue weighted by molar-refractivity contribution is 0.0486. The number of thiazole rings is 1. The Hall–Kier alpha value is -1.10. The first-order valence-electron chi connectivity index (χ1n) is 9.84. The summed E-state index contributed by atoms with van der Waals surface area (Å²) >= 11 is 1.73. The molecule has 0 fully saturated rings. The number of aliphatic imine (C=N–C) groups is 1. The van der Waals surface area contributed by atoms with E-state index in [1.54, 1.807) is 18.4 Å². The normalized spacial score (nSPS) is 12.9. The average molecular weight is 540 g/mol. The highest BCUT2D eigenvalue weighted by Gasteiger charge is 2.22. The molecule has 1 aromatic rings. The maximum atomic E-state index is 12.1. The van der Waals surface area contributed by atoms with Crippen LogP contribution in [0.5, 0.6) is 0 Å². The Kier molecular flexibility index (Phi) is 12.7. The van der Waals surface area contributed by atoms with E-state index in [1.165, 1.54) is 4.88 Å². The van der Waals surface area contributed by atoms with Gasteiger partial charge in [-0.1, -0.05) is 13.8 Å². The molecule has 0 aromatic carbocycles. The summed E-state index contributed by atoms with van der Waals surface area (Å²) in [7, 11) is 3.79. The van der Waals surface area contributed by atoms with E-state index < -0.39 is 5.60 Å². The number of rotatable bonds is 8. The van der Waals surface area contributed by atoms with Gasteiger partial charge in [0.25, 0.3) is 0 Å². The number of hydrogen-bond donors (Lipinski definition) is 2. The van der Waals surface area contributed by atoms with Crippen LogP contribution in [0.4, 0.5) is 4.79 Å². The summed E-state index contributed by atoms with van der Waals surface area (Å²) in [5.74, 6) is 1.15. The Bertz CT molecular complexity index is 643. The summed E-state index contributed by atoms with van der Waals surface area (Å²) in [6.45, 7) is 13.4. The van der Waals surface area contributed by atoms with Crippen LogP contribution in [-0.2, 0) is 11.2 Å². The van der Waals surface area contributed by atoms with E-state index in [-0.39, 0.29) is 36.1 Å². The highest BCUT2D eigenvalue weighted by Crippen LogP contribution is 2.12. The van der Waals surface area contributed by atoms with E-state index in [9.17, 15) is 4.79 Å². The lowest BCUT2D eigenvalue weighted by Gasteiger charge is -2.28. The van der Waals surface area contributed by atoms with Crippen molar-refractivity contribution < 1.29 is 9.53 Å². The number of halogens is 1. The maximum absolute atomic E-state index is 12.1. The second-order valence-corrected chi connectivity index (χ2v) is 9.61. The van der Waals surface area contributed by atoms with Crippen molar-refractivity contribution in [3.8, 4) is 0 Å².